The van der Waals surface area contributed by atoms with Crippen molar-refractivity contribution in [2.75, 3.05) is 26.2 Å². The Morgan fingerprint density at radius 1 is 1.50 bits per heavy atom. The Hall–Kier alpha value is -0.610. The van der Waals surface area contributed by atoms with Gasteiger partial charge in [-0.2, -0.15) is 0 Å². The number of carbonyl (C=O) groups is 1. The molecule has 4 heteroatoms. The quantitative estimate of drug-likeness (QED) is 0.750. The lowest BCUT2D eigenvalue weighted by Crippen LogP contribution is -2.52. The Balaban J connectivity index is 2.45. The molecule has 1 fully saturated rings. The van der Waals surface area contributed by atoms with Crippen LogP contribution in [-0.2, 0) is 4.79 Å². The highest BCUT2D eigenvalue weighted by molar-refractivity contribution is 5.78. The normalized spacial score (nSPS) is 25.4. The summed E-state index contributed by atoms with van der Waals surface area (Å²) in [5.41, 5.74) is 5.88. The zero-order valence-corrected chi connectivity index (χ0v) is 12.1. The fraction of sp³-hybridized carbons (Fsp3) is 0.929. The summed E-state index contributed by atoms with van der Waals surface area (Å²) in [5, 5.41) is 2.99. The van der Waals surface area contributed by atoms with Gasteiger partial charge >= 0.3 is 0 Å². The lowest BCUT2D eigenvalue weighted by molar-refractivity contribution is -0.123. The summed E-state index contributed by atoms with van der Waals surface area (Å²) in [7, 11) is 0. The first kappa shape index (κ1) is 15.4. The van der Waals surface area contributed by atoms with E-state index in [1.807, 2.05) is 0 Å². The summed E-state index contributed by atoms with van der Waals surface area (Å²) >= 11 is 0. The van der Waals surface area contributed by atoms with Crippen LogP contribution in [-0.4, -0.2) is 43.0 Å². The summed E-state index contributed by atoms with van der Waals surface area (Å²) in [6, 6.07) is 0.383. The van der Waals surface area contributed by atoms with Gasteiger partial charge in [0.2, 0.25) is 5.91 Å². The Morgan fingerprint density at radius 2 is 2.22 bits per heavy atom. The van der Waals surface area contributed by atoms with Gasteiger partial charge in [0.1, 0.15) is 0 Å². The number of likely N-dealkylation sites (tertiary alicyclic amines) is 1. The van der Waals surface area contributed by atoms with E-state index in [1.54, 1.807) is 0 Å². The molecule has 1 rings (SSSR count). The number of piperidine rings is 1. The highest BCUT2D eigenvalue weighted by Gasteiger charge is 2.30. The second-order valence-corrected chi connectivity index (χ2v) is 5.78. The van der Waals surface area contributed by atoms with Gasteiger partial charge in [0, 0.05) is 19.1 Å². The van der Waals surface area contributed by atoms with Crippen LogP contribution in [0.2, 0.25) is 0 Å². The van der Waals surface area contributed by atoms with Gasteiger partial charge in [-0.15, -0.1) is 0 Å². The van der Waals surface area contributed by atoms with Gasteiger partial charge < -0.3 is 11.1 Å². The topological polar surface area (TPSA) is 58.4 Å². The van der Waals surface area contributed by atoms with Crippen LogP contribution in [0.15, 0.2) is 0 Å². The molecule has 1 aliphatic heterocycles. The number of amides is 1. The number of hydrogen-bond donors (Lipinski definition) is 2. The molecule has 0 aromatic heterocycles. The maximum atomic E-state index is 11.9. The summed E-state index contributed by atoms with van der Waals surface area (Å²) < 4.78 is 0. The molecule has 0 aromatic rings. The summed E-state index contributed by atoms with van der Waals surface area (Å²) in [6.45, 7) is 9.37. The van der Waals surface area contributed by atoms with Crippen LogP contribution < -0.4 is 11.1 Å². The third kappa shape index (κ3) is 4.58. The van der Waals surface area contributed by atoms with Crippen molar-refractivity contribution in [1.29, 1.82) is 0 Å². The molecule has 18 heavy (non-hydrogen) atoms. The van der Waals surface area contributed by atoms with Gasteiger partial charge in [-0.1, -0.05) is 27.2 Å². The first-order chi connectivity index (χ1) is 8.58. The van der Waals surface area contributed by atoms with Crippen LogP contribution in [0.3, 0.4) is 0 Å². The minimum Gasteiger partial charge on any atom is -0.355 e. The SMILES string of the molecule is CCC1CCCN(CC(=O)NCC(C)C)C1CN. The van der Waals surface area contributed by atoms with E-state index in [4.69, 9.17) is 5.73 Å². The molecule has 0 aromatic carbocycles. The molecule has 0 spiro atoms. The predicted octanol–water partition coefficient (Wildman–Crippen LogP) is 1.21. The van der Waals surface area contributed by atoms with Crippen molar-refractivity contribution in [1.82, 2.24) is 10.2 Å². The van der Waals surface area contributed by atoms with Crippen molar-refractivity contribution in [3.63, 3.8) is 0 Å². The van der Waals surface area contributed by atoms with E-state index >= 15 is 0 Å². The van der Waals surface area contributed by atoms with Crippen molar-refractivity contribution >= 4 is 5.91 Å². The second kappa shape index (κ2) is 7.74. The number of nitrogens with one attached hydrogen (secondary N) is 1. The van der Waals surface area contributed by atoms with Crippen molar-refractivity contribution in [2.45, 2.75) is 46.1 Å². The number of rotatable bonds is 6. The number of hydrogen-bond acceptors (Lipinski definition) is 3. The maximum absolute atomic E-state index is 11.9. The van der Waals surface area contributed by atoms with Crippen LogP contribution in [0.1, 0.15) is 40.0 Å². The van der Waals surface area contributed by atoms with Crippen molar-refractivity contribution < 1.29 is 4.79 Å². The first-order valence-corrected chi connectivity index (χ1v) is 7.29. The third-order valence-electron chi connectivity index (χ3n) is 3.85. The van der Waals surface area contributed by atoms with E-state index < -0.39 is 0 Å². The molecule has 3 N–H and O–H groups in total. The van der Waals surface area contributed by atoms with E-state index in [2.05, 4.69) is 31.0 Å². The van der Waals surface area contributed by atoms with E-state index in [0.29, 0.717) is 31.0 Å². The van der Waals surface area contributed by atoms with E-state index in [1.165, 1.54) is 12.8 Å². The Kier molecular flexibility index (Phi) is 6.65. The van der Waals surface area contributed by atoms with Gasteiger partial charge in [-0.3, -0.25) is 9.69 Å². The first-order valence-electron chi connectivity index (χ1n) is 7.29. The molecular weight excluding hydrogens is 226 g/mol. The van der Waals surface area contributed by atoms with Gasteiger partial charge in [0.25, 0.3) is 0 Å². The molecule has 1 saturated heterocycles. The van der Waals surface area contributed by atoms with Crippen molar-refractivity contribution in [2.24, 2.45) is 17.6 Å². The van der Waals surface area contributed by atoms with Crippen LogP contribution in [0.25, 0.3) is 0 Å². The molecule has 2 unspecified atom stereocenters. The fourth-order valence-electron chi connectivity index (χ4n) is 2.79. The van der Waals surface area contributed by atoms with E-state index in [9.17, 15) is 4.79 Å². The predicted molar refractivity (Wildman–Crippen MR) is 75.3 cm³/mol. The summed E-state index contributed by atoms with van der Waals surface area (Å²) in [5.74, 6) is 1.30. The third-order valence-corrected chi connectivity index (χ3v) is 3.85. The van der Waals surface area contributed by atoms with Crippen LogP contribution in [0.4, 0.5) is 0 Å². The smallest absolute Gasteiger partial charge is 0.234 e. The Labute approximate surface area is 111 Å². The Morgan fingerprint density at radius 3 is 2.78 bits per heavy atom. The van der Waals surface area contributed by atoms with Gasteiger partial charge in [-0.05, 0) is 31.2 Å². The molecule has 0 saturated carbocycles. The zero-order valence-electron chi connectivity index (χ0n) is 12.1. The molecule has 1 heterocycles. The monoisotopic (exact) mass is 255 g/mol. The number of nitrogens with zero attached hydrogens (tertiary/aromatic N) is 1. The molecule has 0 radical (unpaired) electrons. The molecule has 2 atom stereocenters. The number of nitrogens with two attached hydrogens (primary N) is 1. The molecular formula is C14H29N3O. The summed E-state index contributed by atoms with van der Waals surface area (Å²) in [4.78, 5) is 14.1. The lowest BCUT2D eigenvalue weighted by atomic mass is 9.87. The molecule has 1 amide bonds. The van der Waals surface area contributed by atoms with E-state index in [-0.39, 0.29) is 5.91 Å². The van der Waals surface area contributed by atoms with E-state index in [0.717, 1.165) is 19.5 Å². The summed E-state index contributed by atoms with van der Waals surface area (Å²) in [6.07, 6.45) is 3.60. The van der Waals surface area contributed by atoms with Crippen LogP contribution in [0, 0.1) is 11.8 Å². The molecule has 1 aliphatic rings. The minimum atomic E-state index is 0.138. The highest BCUT2D eigenvalue weighted by atomic mass is 16.2. The van der Waals surface area contributed by atoms with Gasteiger partial charge in [-0.25, -0.2) is 0 Å². The zero-order chi connectivity index (χ0) is 13.5. The fourth-order valence-corrected chi connectivity index (χ4v) is 2.79. The molecule has 106 valence electrons. The maximum Gasteiger partial charge on any atom is 0.234 e. The second-order valence-electron chi connectivity index (χ2n) is 5.78. The largest absolute Gasteiger partial charge is 0.355 e. The van der Waals surface area contributed by atoms with Crippen LogP contribution >= 0.6 is 0 Å². The highest BCUT2D eigenvalue weighted by Crippen LogP contribution is 2.25. The average Bonchev–Trinajstić information content (AvgIpc) is 2.36. The minimum absolute atomic E-state index is 0.138. The lowest BCUT2D eigenvalue weighted by Gasteiger charge is -2.40. The van der Waals surface area contributed by atoms with Crippen LogP contribution in [0.5, 0.6) is 0 Å². The van der Waals surface area contributed by atoms with Crippen molar-refractivity contribution in [3.05, 3.63) is 0 Å². The Bertz CT molecular complexity index is 255. The molecule has 0 bridgehead atoms. The van der Waals surface area contributed by atoms with Gasteiger partial charge in [0.15, 0.2) is 0 Å². The van der Waals surface area contributed by atoms with Gasteiger partial charge in [0.05, 0.1) is 6.54 Å². The molecule has 0 aliphatic carbocycles. The number of carbonyl (C=O) groups excluding carboxylic acids is 1. The van der Waals surface area contributed by atoms with Crippen molar-refractivity contribution in [3.8, 4) is 0 Å². The molecule has 4 nitrogen and oxygen atoms in total. The average molecular weight is 255 g/mol. The standard InChI is InChI=1S/C14H29N3O/c1-4-12-6-5-7-17(13(12)8-15)10-14(18)16-9-11(2)3/h11-13H,4-10,15H2,1-3H3,(H,16,18).